The second-order valence-electron chi connectivity index (χ2n) is 2.54. The highest BCUT2D eigenvalue weighted by Crippen LogP contribution is 2.00. The van der Waals surface area contributed by atoms with Gasteiger partial charge < -0.3 is 5.32 Å². The van der Waals surface area contributed by atoms with Crippen LogP contribution in [0.15, 0.2) is 6.20 Å². The summed E-state index contributed by atoms with van der Waals surface area (Å²) < 4.78 is 0. The first-order chi connectivity index (χ1) is 6.65. The Bertz CT molecular complexity index is 310. The molecule has 14 heavy (non-hydrogen) atoms. The Morgan fingerprint density at radius 2 is 1.93 bits per heavy atom. The van der Waals surface area contributed by atoms with Crippen molar-refractivity contribution in [1.82, 2.24) is 15.3 Å². The summed E-state index contributed by atoms with van der Waals surface area (Å²) in [6.07, 6.45) is 1.65. The Kier molecular flexibility index (Phi) is 5.44. The first-order valence-electron chi connectivity index (χ1n) is 4.67. The quantitative estimate of drug-likeness (QED) is 0.738. The minimum Gasteiger partial charge on any atom is -0.352 e. The molecule has 1 heterocycles. The van der Waals surface area contributed by atoms with Crippen LogP contribution in [0.4, 0.5) is 0 Å². The van der Waals surface area contributed by atoms with Crippen molar-refractivity contribution < 1.29 is 4.79 Å². The van der Waals surface area contributed by atoms with E-state index in [2.05, 4.69) is 15.3 Å². The number of aromatic nitrogens is 2. The summed E-state index contributed by atoms with van der Waals surface area (Å²) in [5.74, 6) is -0.0290. The van der Waals surface area contributed by atoms with Crippen LogP contribution in [-0.2, 0) is 0 Å². The highest BCUT2D eigenvalue weighted by Gasteiger charge is 2.06. The Morgan fingerprint density at radius 3 is 2.36 bits per heavy atom. The van der Waals surface area contributed by atoms with E-state index in [1.165, 1.54) is 0 Å². The van der Waals surface area contributed by atoms with Gasteiger partial charge in [-0.05, 0) is 19.4 Å². The van der Waals surface area contributed by atoms with E-state index >= 15 is 0 Å². The third-order valence-electron chi connectivity index (χ3n) is 1.65. The maximum absolute atomic E-state index is 11.0. The predicted molar refractivity (Wildman–Crippen MR) is 56.2 cm³/mol. The molecule has 4 nitrogen and oxygen atoms in total. The second-order valence-corrected chi connectivity index (χ2v) is 2.54. The average Bonchev–Trinajstić information content (AvgIpc) is 2.24. The molecule has 0 bridgehead atoms. The van der Waals surface area contributed by atoms with Crippen LogP contribution in [0, 0.1) is 13.8 Å². The van der Waals surface area contributed by atoms with Crippen molar-refractivity contribution in [2.75, 3.05) is 7.05 Å². The van der Waals surface area contributed by atoms with Crippen LogP contribution < -0.4 is 5.32 Å². The van der Waals surface area contributed by atoms with Gasteiger partial charge in [0.25, 0.3) is 5.91 Å². The molecule has 4 heteroatoms. The van der Waals surface area contributed by atoms with Gasteiger partial charge in [-0.1, -0.05) is 13.8 Å². The van der Waals surface area contributed by atoms with Gasteiger partial charge in [0.15, 0.2) is 0 Å². The fraction of sp³-hybridized carbons (Fsp3) is 0.500. The summed E-state index contributed by atoms with van der Waals surface area (Å²) in [5, 5.41) is 2.46. The first kappa shape index (κ1) is 12.6. The van der Waals surface area contributed by atoms with Crippen LogP contribution in [0.3, 0.4) is 0 Å². The Labute approximate surface area is 84.8 Å². The van der Waals surface area contributed by atoms with E-state index in [1.807, 2.05) is 27.7 Å². The van der Waals surface area contributed by atoms with Crippen LogP contribution in [-0.4, -0.2) is 22.9 Å². The maximum atomic E-state index is 11.0. The fourth-order valence-electron chi connectivity index (χ4n) is 0.748. The summed E-state index contributed by atoms with van der Waals surface area (Å²) in [6, 6.07) is 0. The van der Waals surface area contributed by atoms with Gasteiger partial charge in [-0.3, -0.25) is 4.79 Å². The number of hydrogen-bond donors (Lipinski definition) is 1. The molecular weight excluding hydrogens is 178 g/mol. The predicted octanol–water partition coefficient (Wildman–Crippen LogP) is 1.48. The molecule has 1 amide bonds. The summed E-state index contributed by atoms with van der Waals surface area (Å²) >= 11 is 0. The van der Waals surface area contributed by atoms with E-state index in [0.717, 1.165) is 11.3 Å². The lowest BCUT2D eigenvalue weighted by molar-refractivity contribution is 0.0952. The number of carbonyl (C=O) groups excluding carboxylic acids is 1. The Balaban J connectivity index is 0.000000791. The van der Waals surface area contributed by atoms with Crippen molar-refractivity contribution in [1.29, 1.82) is 0 Å². The normalized spacial score (nSPS) is 8.64. The van der Waals surface area contributed by atoms with E-state index in [4.69, 9.17) is 0 Å². The van der Waals surface area contributed by atoms with Gasteiger partial charge in [0.05, 0.1) is 0 Å². The molecular formula is C10H17N3O. The zero-order valence-electron chi connectivity index (χ0n) is 9.38. The van der Waals surface area contributed by atoms with Crippen molar-refractivity contribution in [2.45, 2.75) is 27.7 Å². The van der Waals surface area contributed by atoms with Crippen LogP contribution in [0.5, 0.6) is 0 Å². The molecule has 0 radical (unpaired) electrons. The van der Waals surface area contributed by atoms with E-state index in [1.54, 1.807) is 13.2 Å². The smallest absolute Gasteiger partial charge is 0.288 e. The standard InChI is InChI=1S/C8H11N3O.C2H6/c1-5-4-10-7(8(12)9-3)11-6(5)2;1-2/h4H,1-3H3,(H,9,12);1-2H3. The minimum absolute atomic E-state index is 0.223. The number of nitrogens with one attached hydrogen (secondary N) is 1. The highest BCUT2D eigenvalue weighted by atomic mass is 16.2. The van der Waals surface area contributed by atoms with Crippen molar-refractivity contribution in [3.05, 3.63) is 23.3 Å². The monoisotopic (exact) mass is 195 g/mol. The van der Waals surface area contributed by atoms with Gasteiger partial charge in [0, 0.05) is 18.9 Å². The molecule has 0 aliphatic carbocycles. The number of rotatable bonds is 1. The SMILES string of the molecule is CC.CNC(=O)c1ncc(C)c(C)n1. The number of carbonyl (C=O) groups is 1. The van der Waals surface area contributed by atoms with E-state index in [-0.39, 0.29) is 11.7 Å². The zero-order valence-corrected chi connectivity index (χ0v) is 9.38. The summed E-state index contributed by atoms with van der Waals surface area (Å²) in [4.78, 5) is 18.9. The fourth-order valence-corrected chi connectivity index (χ4v) is 0.748. The molecule has 0 aromatic carbocycles. The maximum Gasteiger partial charge on any atom is 0.288 e. The molecule has 0 unspecified atom stereocenters. The summed E-state index contributed by atoms with van der Waals surface area (Å²) in [7, 11) is 1.56. The molecule has 1 rings (SSSR count). The van der Waals surface area contributed by atoms with Crippen molar-refractivity contribution in [3.63, 3.8) is 0 Å². The lowest BCUT2D eigenvalue weighted by atomic mass is 10.3. The first-order valence-corrected chi connectivity index (χ1v) is 4.67. The molecule has 78 valence electrons. The van der Waals surface area contributed by atoms with Gasteiger partial charge in [-0.25, -0.2) is 9.97 Å². The average molecular weight is 195 g/mol. The summed E-state index contributed by atoms with van der Waals surface area (Å²) in [6.45, 7) is 7.76. The molecule has 0 fully saturated rings. The van der Waals surface area contributed by atoms with Gasteiger partial charge in [-0.15, -0.1) is 0 Å². The Morgan fingerprint density at radius 1 is 1.36 bits per heavy atom. The number of amides is 1. The van der Waals surface area contributed by atoms with Crippen LogP contribution >= 0.6 is 0 Å². The number of hydrogen-bond acceptors (Lipinski definition) is 3. The second kappa shape index (κ2) is 6.07. The molecule has 0 saturated carbocycles. The van der Waals surface area contributed by atoms with Crippen molar-refractivity contribution >= 4 is 5.91 Å². The van der Waals surface area contributed by atoms with E-state index in [0.29, 0.717) is 0 Å². The van der Waals surface area contributed by atoms with Crippen LogP contribution in [0.1, 0.15) is 35.7 Å². The van der Waals surface area contributed by atoms with Crippen LogP contribution in [0.25, 0.3) is 0 Å². The molecule has 1 N–H and O–H groups in total. The third kappa shape index (κ3) is 3.12. The topological polar surface area (TPSA) is 54.9 Å². The summed E-state index contributed by atoms with van der Waals surface area (Å²) in [5.41, 5.74) is 1.83. The lowest BCUT2D eigenvalue weighted by Crippen LogP contribution is -2.21. The number of nitrogens with zero attached hydrogens (tertiary/aromatic N) is 2. The molecule has 0 saturated heterocycles. The van der Waals surface area contributed by atoms with Crippen molar-refractivity contribution in [2.24, 2.45) is 0 Å². The molecule has 0 aliphatic rings. The van der Waals surface area contributed by atoms with E-state index in [9.17, 15) is 4.79 Å². The largest absolute Gasteiger partial charge is 0.352 e. The zero-order chi connectivity index (χ0) is 11.1. The third-order valence-corrected chi connectivity index (χ3v) is 1.65. The van der Waals surface area contributed by atoms with Gasteiger partial charge in [0.1, 0.15) is 0 Å². The number of aryl methyl sites for hydroxylation is 2. The molecule has 0 spiro atoms. The van der Waals surface area contributed by atoms with Gasteiger partial charge in [-0.2, -0.15) is 0 Å². The van der Waals surface area contributed by atoms with Gasteiger partial charge >= 0.3 is 0 Å². The van der Waals surface area contributed by atoms with Crippen molar-refractivity contribution in [3.8, 4) is 0 Å². The van der Waals surface area contributed by atoms with Crippen LogP contribution in [0.2, 0.25) is 0 Å². The highest BCUT2D eigenvalue weighted by molar-refractivity contribution is 5.90. The van der Waals surface area contributed by atoms with Gasteiger partial charge in [0.2, 0.25) is 5.82 Å². The minimum atomic E-state index is -0.252. The molecule has 1 aromatic heterocycles. The molecule has 0 atom stereocenters. The molecule has 1 aromatic rings. The molecule has 0 aliphatic heterocycles. The van der Waals surface area contributed by atoms with E-state index < -0.39 is 0 Å². The Hall–Kier alpha value is -1.45. The lowest BCUT2D eigenvalue weighted by Gasteiger charge is -2.00.